The largest absolute Gasteiger partial charge is 0.462 e. The highest BCUT2D eigenvalue weighted by molar-refractivity contribution is 7.17. The van der Waals surface area contributed by atoms with Gasteiger partial charge in [0.2, 0.25) is 0 Å². The summed E-state index contributed by atoms with van der Waals surface area (Å²) in [5.74, 6) is -0.511. The van der Waals surface area contributed by atoms with Crippen molar-refractivity contribution in [2.24, 2.45) is 0 Å². The zero-order chi connectivity index (χ0) is 17.8. The normalized spacial score (nSPS) is 13.2. The predicted molar refractivity (Wildman–Crippen MR) is 101 cm³/mol. The number of rotatable bonds is 5. The molecule has 1 aliphatic rings. The Hall–Kier alpha value is -2.14. The van der Waals surface area contributed by atoms with Crippen LogP contribution in [0.4, 0.5) is 5.00 Å². The van der Waals surface area contributed by atoms with Gasteiger partial charge in [0, 0.05) is 10.4 Å². The molecule has 1 aliphatic carbocycles. The number of ether oxygens (including phenoxy) is 1. The summed E-state index contributed by atoms with van der Waals surface area (Å²) in [6.07, 6.45) is 4.83. The number of hydrogen-bond donors (Lipinski definition) is 1. The molecule has 2 aromatic rings. The summed E-state index contributed by atoms with van der Waals surface area (Å²) < 4.78 is 5.36. The Morgan fingerprint density at radius 3 is 2.60 bits per heavy atom. The van der Waals surface area contributed by atoms with Crippen LogP contribution in [0.25, 0.3) is 0 Å². The van der Waals surface area contributed by atoms with Crippen molar-refractivity contribution in [1.29, 1.82) is 0 Å². The van der Waals surface area contributed by atoms with Gasteiger partial charge in [-0.15, -0.1) is 11.3 Å². The fourth-order valence-corrected chi connectivity index (χ4v) is 4.29. The number of hydrogen-bond acceptors (Lipinski definition) is 4. The molecule has 4 nitrogen and oxygen atoms in total. The second-order valence-electron chi connectivity index (χ2n) is 6.37. The van der Waals surface area contributed by atoms with E-state index in [-0.39, 0.29) is 11.9 Å². The van der Waals surface area contributed by atoms with Gasteiger partial charge in [0.15, 0.2) is 0 Å². The molecule has 1 aromatic carbocycles. The molecular weight excluding hydrogens is 334 g/mol. The highest BCUT2D eigenvalue weighted by atomic mass is 32.1. The first-order valence-electron chi connectivity index (χ1n) is 8.79. The molecule has 1 amide bonds. The molecule has 0 fully saturated rings. The van der Waals surface area contributed by atoms with Crippen molar-refractivity contribution >= 4 is 28.2 Å². The summed E-state index contributed by atoms with van der Waals surface area (Å²) in [5, 5.41) is 3.56. The molecule has 25 heavy (non-hydrogen) atoms. The van der Waals surface area contributed by atoms with E-state index in [4.69, 9.17) is 4.74 Å². The maximum absolute atomic E-state index is 12.6. The van der Waals surface area contributed by atoms with Crippen LogP contribution >= 0.6 is 11.3 Å². The molecule has 0 saturated heterocycles. The van der Waals surface area contributed by atoms with E-state index in [2.05, 4.69) is 5.32 Å². The lowest BCUT2D eigenvalue weighted by molar-refractivity contribution is 0.0505. The summed E-state index contributed by atoms with van der Waals surface area (Å²) in [6.45, 7) is 4.35. The Balaban J connectivity index is 1.89. The third-order valence-corrected chi connectivity index (χ3v) is 5.56. The van der Waals surface area contributed by atoms with Crippen molar-refractivity contribution in [2.75, 3.05) is 11.9 Å². The summed E-state index contributed by atoms with van der Waals surface area (Å²) in [4.78, 5) is 26.3. The van der Waals surface area contributed by atoms with Crippen molar-refractivity contribution in [3.05, 3.63) is 51.4 Å². The van der Waals surface area contributed by atoms with Crippen molar-refractivity contribution < 1.29 is 14.3 Å². The van der Waals surface area contributed by atoms with Gasteiger partial charge in [-0.2, -0.15) is 0 Å². The van der Waals surface area contributed by atoms with Crippen molar-refractivity contribution in [1.82, 2.24) is 0 Å². The second-order valence-corrected chi connectivity index (χ2v) is 7.48. The van der Waals surface area contributed by atoms with Gasteiger partial charge in [-0.1, -0.05) is 24.6 Å². The minimum Gasteiger partial charge on any atom is -0.462 e. The Bertz CT molecular complexity index is 777. The standard InChI is InChI=1S/C20H23NO3S/c1-3-12-24-20(23)17-15-6-4-5-7-16(15)25-19(17)21-18(22)14-10-8-13(2)9-11-14/h8-11H,3-7,12H2,1-2H3,(H,21,22). The SMILES string of the molecule is CCCOC(=O)c1c(NC(=O)c2ccc(C)cc2)sc2c1CCCC2. The molecule has 1 heterocycles. The van der Waals surface area contributed by atoms with Gasteiger partial charge in [-0.25, -0.2) is 4.79 Å². The topological polar surface area (TPSA) is 55.4 Å². The molecule has 0 unspecified atom stereocenters. The highest BCUT2D eigenvalue weighted by Crippen LogP contribution is 2.38. The number of nitrogens with one attached hydrogen (secondary N) is 1. The lowest BCUT2D eigenvalue weighted by Crippen LogP contribution is -2.16. The van der Waals surface area contributed by atoms with E-state index in [0.717, 1.165) is 43.2 Å². The number of esters is 1. The third-order valence-electron chi connectivity index (χ3n) is 4.35. The molecule has 132 valence electrons. The Morgan fingerprint density at radius 2 is 1.88 bits per heavy atom. The number of fused-ring (bicyclic) bond motifs is 1. The fraction of sp³-hybridized carbons (Fsp3) is 0.400. The number of carbonyl (C=O) groups is 2. The zero-order valence-corrected chi connectivity index (χ0v) is 15.5. The van der Waals surface area contributed by atoms with Crippen LogP contribution in [0.3, 0.4) is 0 Å². The minimum absolute atomic E-state index is 0.192. The van der Waals surface area contributed by atoms with Crippen LogP contribution in [0.15, 0.2) is 24.3 Å². The van der Waals surface area contributed by atoms with Gasteiger partial charge in [0.25, 0.3) is 5.91 Å². The average molecular weight is 357 g/mol. The Morgan fingerprint density at radius 1 is 1.16 bits per heavy atom. The van der Waals surface area contributed by atoms with E-state index in [0.29, 0.717) is 22.7 Å². The Labute approximate surface area is 152 Å². The van der Waals surface area contributed by atoms with E-state index in [1.165, 1.54) is 16.2 Å². The first-order valence-corrected chi connectivity index (χ1v) is 9.61. The quantitative estimate of drug-likeness (QED) is 0.785. The van der Waals surface area contributed by atoms with Crippen LogP contribution in [0.2, 0.25) is 0 Å². The van der Waals surface area contributed by atoms with Crippen LogP contribution < -0.4 is 5.32 Å². The summed E-state index contributed by atoms with van der Waals surface area (Å²) in [6, 6.07) is 7.41. The van der Waals surface area contributed by atoms with E-state index in [9.17, 15) is 9.59 Å². The first-order chi connectivity index (χ1) is 12.1. The van der Waals surface area contributed by atoms with Crippen LogP contribution in [-0.2, 0) is 17.6 Å². The number of amides is 1. The number of thiophene rings is 1. The predicted octanol–water partition coefficient (Wildman–Crippen LogP) is 4.75. The lowest BCUT2D eigenvalue weighted by Gasteiger charge is -2.12. The van der Waals surface area contributed by atoms with E-state index in [1.807, 2.05) is 26.0 Å². The van der Waals surface area contributed by atoms with Crippen LogP contribution in [-0.4, -0.2) is 18.5 Å². The smallest absolute Gasteiger partial charge is 0.341 e. The van der Waals surface area contributed by atoms with Crippen LogP contribution in [0.5, 0.6) is 0 Å². The van der Waals surface area contributed by atoms with Gasteiger partial charge in [-0.3, -0.25) is 4.79 Å². The fourth-order valence-electron chi connectivity index (χ4n) is 3.02. The van der Waals surface area contributed by atoms with Crippen LogP contribution in [0.1, 0.15) is 62.9 Å². The minimum atomic E-state index is -0.319. The molecule has 0 spiro atoms. The lowest BCUT2D eigenvalue weighted by atomic mass is 9.95. The van der Waals surface area contributed by atoms with Gasteiger partial charge in [-0.05, 0) is 56.7 Å². The monoisotopic (exact) mass is 357 g/mol. The van der Waals surface area contributed by atoms with E-state index < -0.39 is 0 Å². The number of carbonyl (C=O) groups excluding carboxylic acids is 2. The zero-order valence-electron chi connectivity index (χ0n) is 14.7. The van der Waals surface area contributed by atoms with E-state index in [1.54, 1.807) is 12.1 Å². The van der Waals surface area contributed by atoms with Gasteiger partial charge >= 0.3 is 5.97 Å². The maximum Gasteiger partial charge on any atom is 0.341 e. The van der Waals surface area contributed by atoms with E-state index >= 15 is 0 Å². The van der Waals surface area contributed by atoms with Crippen molar-refractivity contribution in [3.63, 3.8) is 0 Å². The molecule has 0 aliphatic heterocycles. The highest BCUT2D eigenvalue weighted by Gasteiger charge is 2.27. The molecule has 0 radical (unpaired) electrons. The molecule has 5 heteroatoms. The molecule has 0 atom stereocenters. The van der Waals surface area contributed by atoms with Gasteiger partial charge < -0.3 is 10.1 Å². The van der Waals surface area contributed by atoms with Crippen LogP contribution in [0, 0.1) is 6.92 Å². The number of benzene rings is 1. The first kappa shape index (κ1) is 17.7. The second kappa shape index (κ2) is 7.83. The Kier molecular flexibility index (Phi) is 5.53. The molecule has 0 bridgehead atoms. The summed E-state index contributed by atoms with van der Waals surface area (Å²) in [7, 11) is 0. The molecule has 0 saturated carbocycles. The number of aryl methyl sites for hydroxylation is 2. The average Bonchev–Trinajstić information content (AvgIpc) is 2.98. The van der Waals surface area contributed by atoms with Crippen molar-refractivity contribution in [3.8, 4) is 0 Å². The van der Waals surface area contributed by atoms with Crippen molar-refractivity contribution in [2.45, 2.75) is 46.0 Å². The van der Waals surface area contributed by atoms with Gasteiger partial charge in [0.05, 0.1) is 12.2 Å². The van der Waals surface area contributed by atoms with Gasteiger partial charge in [0.1, 0.15) is 5.00 Å². The molecule has 1 aromatic heterocycles. The molecule has 3 rings (SSSR count). The third kappa shape index (κ3) is 3.93. The molecule has 1 N–H and O–H groups in total. The number of anilines is 1. The maximum atomic E-state index is 12.6. The summed E-state index contributed by atoms with van der Waals surface area (Å²) in [5.41, 5.74) is 3.32. The molecular formula is C20H23NO3S. The summed E-state index contributed by atoms with van der Waals surface area (Å²) >= 11 is 1.52.